The zero-order valence-electron chi connectivity index (χ0n) is 16.0. The van der Waals surface area contributed by atoms with Gasteiger partial charge in [-0.3, -0.25) is 14.5 Å². The van der Waals surface area contributed by atoms with E-state index in [4.69, 9.17) is 10.5 Å². The molecule has 2 amide bonds. The standard InChI is InChI=1S/C21H29N3O3/c1-27-16-7-5-14(6-8-16)17-13-24(19(26)4-2-3-18(22)25)20-15-9-11-23(12-10-15)21(17)20/h5-8,15,17,20-21H,2-4,9-13H2,1H3,(H2,22,25)/t17-,20+,21+/m0/s1. The number of hydrogen-bond donors (Lipinski definition) is 1. The van der Waals surface area contributed by atoms with E-state index in [0.29, 0.717) is 36.8 Å². The third-order valence-corrected chi connectivity index (χ3v) is 6.67. The number of amides is 2. The van der Waals surface area contributed by atoms with Gasteiger partial charge < -0.3 is 15.4 Å². The second-order valence-electron chi connectivity index (χ2n) is 8.10. The Hall–Kier alpha value is -2.08. The summed E-state index contributed by atoms with van der Waals surface area (Å²) in [6.45, 7) is 3.05. The summed E-state index contributed by atoms with van der Waals surface area (Å²) in [5, 5.41) is 0. The SMILES string of the molecule is COc1ccc([C@@H]2CN(C(=O)CCCC(N)=O)[C@@H]3C4CCN(CC4)[C@@H]32)cc1. The summed E-state index contributed by atoms with van der Waals surface area (Å²) in [6.07, 6.45) is 3.60. The van der Waals surface area contributed by atoms with Gasteiger partial charge >= 0.3 is 0 Å². The number of piperidine rings is 3. The summed E-state index contributed by atoms with van der Waals surface area (Å²) >= 11 is 0. The lowest BCUT2D eigenvalue weighted by molar-refractivity contribution is -0.136. The Kier molecular flexibility index (Phi) is 5.08. The Bertz CT molecular complexity index is 697. The molecule has 0 spiro atoms. The number of methoxy groups -OCH3 is 1. The third kappa shape index (κ3) is 3.43. The van der Waals surface area contributed by atoms with E-state index in [9.17, 15) is 9.59 Å². The molecule has 6 nitrogen and oxygen atoms in total. The van der Waals surface area contributed by atoms with Gasteiger partial charge in [-0.2, -0.15) is 0 Å². The molecule has 1 aromatic carbocycles. The predicted molar refractivity (Wildman–Crippen MR) is 102 cm³/mol. The lowest BCUT2D eigenvalue weighted by atomic mass is 9.75. The number of carbonyl (C=O) groups excluding carboxylic acids is 2. The number of nitrogens with two attached hydrogens (primary N) is 1. The van der Waals surface area contributed by atoms with Gasteiger partial charge in [0.15, 0.2) is 0 Å². The van der Waals surface area contributed by atoms with E-state index in [2.05, 4.69) is 21.9 Å². The number of ether oxygens (including phenoxy) is 1. The van der Waals surface area contributed by atoms with Crippen LogP contribution in [-0.4, -0.2) is 60.4 Å². The Labute approximate surface area is 160 Å². The molecule has 4 aliphatic heterocycles. The molecule has 0 radical (unpaired) electrons. The van der Waals surface area contributed by atoms with Crippen LogP contribution >= 0.6 is 0 Å². The maximum atomic E-state index is 13.0. The quantitative estimate of drug-likeness (QED) is 0.826. The second-order valence-corrected chi connectivity index (χ2v) is 8.10. The van der Waals surface area contributed by atoms with Crippen LogP contribution in [0.25, 0.3) is 0 Å². The van der Waals surface area contributed by atoms with Gasteiger partial charge in [0.25, 0.3) is 0 Å². The van der Waals surface area contributed by atoms with Crippen LogP contribution in [0.3, 0.4) is 0 Å². The molecule has 0 aliphatic carbocycles. The van der Waals surface area contributed by atoms with Gasteiger partial charge in [0, 0.05) is 31.3 Å². The maximum absolute atomic E-state index is 13.0. The van der Waals surface area contributed by atoms with Crippen molar-refractivity contribution in [3.8, 4) is 5.75 Å². The molecule has 6 heteroatoms. The molecule has 2 bridgehead atoms. The monoisotopic (exact) mass is 371 g/mol. The lowest BCUT2D eigenvalue weighted by Gasteiger charge is -2.51. The van der Waals surface area contributed by atoms with Crippen LogP contribution in [0.5, 0.6) is 5.75 Å². The first-order chi connectivity index (χ1) is 13.1. The fourth-order valence-electron chi connectivity index (χ4n) is 5.41. The Balaban J connectivity index is 1.56. The molecule has 4 heterocycles. The molecule has 27 heavy (non-hydrogen) atoms. The van der Waals surface area contributed by atoms with E-state index < -0.39 is 0 Å². The van der Waals surface area contributed by atoms with Gasteiger partial charge in [-0.05, 0) is 56.0 Å². The Morgan fingerprint density at radius 2 is 1.81 bits per heavy atom. The van der Waals surface area contributed by atoms with Crippen molar-refractivity contribution >= 4 is 11.8 Å². The smallest absolute Gasteiger partial charge is 0.222 e. The average Bonchev–Trinajstić information content (AvgIpc) is 3.11. The van der Waals surface area contributed by atoms with E-state index in [1.807, 2.05) is 12.1 Å². The third-order valence-electron chi connectivity index (χ3n) is 6.67. The fraction of sp³-hybridized carbons (Fsp3) is 0.619. The molecule has 4 aliphatic rings. The van der Waals surface area contributed by atoms with Crippen molar-refractivity contribution in [3.63, 3.8) is 0 Å². The summed E-state index contributed by atoms with van der Waals surface area (Å²) in [7, 11) is 1.68. The van der Waals surface area contributed by atoms with Crippen LogP contribution in [-0.2, 0) is 9.59 Å². The van der Waals surface area contributed by atoms with Crippen LogP contribution in [0, 0.1) is 5.92 Å². The molecule has 4 fully saturated rings. The van der Waals surface area contributed by atoms with Crippen LogP contribution < -0.4 is 10.5 Å². The molecule has 5 rings (SSSR count). The highest BCUT2D eigenvalue weighted by Crippen LogP contribution is 2.46. The van der Waals surface area contributed by atoms with Crippen molar-refractivity contribution in [1.29, 1.82) is 0 Å². The zero-order valence-corrected chi connectivity index (χ0v) is 16.0. The highest BCUT2D eigenvalue weighted by Gasteiger charge is 2.54. The lowest BCUT2D eigenvalue weighted by Crippen LogP contribution is -2.60. The minimum absolute atomic E-state index is 0.177. The number of benzene rings is 1. The summed E-state index contributed by atoms with van der Waals surface area (Å²) in [4.78, 5) is 28.7. The van der Waals surface area contributed by atoms with Crippen molar-refractivity contribution in [3.05, 3.63) is 29.8 Å². The minimum atomic E-state index is -0.332. The average molecular weight is 371 g/mol. The first kappa shape index (κ1) is 18.3. The van der Waals surface area contributed by atoms with Gasteiger partial charge in [-0.1, -0.05) is 12.1 Å². The second kappa shape index (κ2) is 7.50. The largest absolute Gasteiger partial charge is 0.497 e. The maximum Gasteiger partial charge on any atom is 0.222 e. The number of nitrogens with zero attached hydrogens (tertiary/aromatic N) is 2. The van der Waals surface area contributed by atoms with Gasteiger partial charge in [0.1, 0.15) is 5.75 Å². The molecule has 3 atom stereocenters. The summed E-state index contributed by atoms with van der Waals surface area (Å²) in [6, 6.07) is 9.03. The first-order valence-corrected chi connectivity index (χ1v) is 10.0. The molecule has 0 saturated carbocycles. The van der Waals surface area contributed by atoms with E-state index >= 15 is 0 Å². The fourth-order valence-corrected chi connectivity index (χ4v) is 5.41. The summed E-state index contributed by atoms with van der Waals surface area (Å²) < 4.78 is 5.30. The Morgan fingerprint density at radius 1 is 1.11 bits per heavy atom. The van der Waals surface area contributed by atoms with Crippen LogP contribution in [0.4, 0.5) is 0 Å². The van der Waals surface area contributed by atoms with Crippen LogP contribution in [0.2, 0.25) is 0 Å². The van der Waals surface area contributed by atoms with E-state index in [-0.39, 0.29) is 18.2 Å². The van der Waals surface area contributed by atoms with Crippen molar-refractivity contribution < 1.29 is 14.3 Å². The highest BCUT2D eigenvalue weighted by molar-refractivity contribution is 5.79. The number of primary amides is 1. The van der Waals surface area contributed by atoms with Gasteiger partial charge in [-0.25, -0.2) is 0 Å². The molecule has 4 saturated heterocycles. The van der Waals surface area contributed by atoms with Crippen molar-refractivity contribution in [2.24, 2.45) is 11.7 Å². The molecule has 1 aromatic rings. The number of carbonyl (C=O) groups is 2. The predicted octanol–water partition coefficient (Wildman–Crippen LogP) is 1.74. The van der Waals surface area contributed by atoms with Crippen molar-refractivity contribution in [2.45, 2.75) is 50.1 Å². The number of likely N-dealkylation sites (tertiary alicyclic amines) is 1. The summed E-state index contributed by atoms with van der Waals surface area (Å²) in [5.41, 5.74) is 6.51. The highest BCUT2D eigenvalue weighted by atomic mass is 16.5. The van der Waals surface area contributed by atoms with Gasteiger partial charge in [0.05, 0.1) is 13.2 Å². The van der Waals surface area contributed by atoms with E-state index in [1.54, 1.807) is 7.11 Å². The first-order valence-electron chi connectivity index (χ1n) is 10.0. The Morgan fingerprint density at radius 3 is 2.44 bits per heavy atom. The normalized spacial score (nSPS) is 31.6. The minimum Gasteiger partial charge on any atom is -0.497 e. The molecule has 2 N–H and O–H groups in total. The molecule has 146 valence electrons. The van der Waals surface area contributed by atoms with E-state index in [0.717, 1.165) is 25.4 Å². The van der Waals surface area contributed by atoms with Crippen molar-refractivity contribution in [2.75, 3.05) is 26.7 Å². The van der Waals surface area contributed by atoms with Gasteiger partial charge in [-0.15, -0.1) is 0 Å². The molecular formula is C21H29N3O3. The van der Waals surface area contributed by atoms with E-state index in [1.165, 1.54) is 18.4 Å². The molecular weight excluding hydrogens is 342 g/mol. The number of rotatable bonds is 6. The molecule has 0 unspecified atom stereocenters. The topological polar surface area (TPSA) is 75.9 Å². The van der Waals surface area contributed by atoms with Gasteiger partial charge in [0.2, 0.25) is 11.8 Å². The summed E-state index contributed by atoms with van der Waals surface area (Å²) in [5.74, 6) is 1.64. The van der Waals surface area contributed by atoms with Crippen LogP contribution in [0.1, 0.15) is 43.6 Å². The van der Waals surface area contributed by atoms with Crippen molar-refractivity contribution in [1.82, 2.24) is 9.80 Å². The molecule has 0 aromatic heterocycles. The van der Waals surface area contributed by atoms with Crippen LogP contribution in [0.15, 0.2) is 24.3 Å². The number of hydrogen-bond acceptors (Lipinski definition) is 4. The number of fused-ring (bicyclic) bond motifs is 2. The zero-order chi connectivity index (χ0) is 19.0.